The molecular formula is C16H28N2. The molecule has 102 valence electrons. The van der Waals surface area contributed by atoms with Crippen LogP contribution in [0.1, 0.15) is 38.5 Å². The fraction of sp³-hybridized carbons (Fsp3) is 0.750. The van der Waals surface area contributed by atoms with Crippen LogP contribution in [0.4, 0.5) is 0 Å². The molecule has 0 aromatic rings. The molecule has 0 unspecified atom stereocenters. The second-order valence-electron chi connectivity index (χ2n) is 5.88. The molecule has 1 aliphatic heterocycles. The molecule has 2 nitrogen and oxygen atoms in total. The smallest absolute Gasteiger partial charge is 0.0117 e. The largest absolute Gasteiger partial charge is 0.306 e. The molecule has 2 rings (SSSR count). The summed E-state index contributed by atoms with van der Waals surface area (Å²) in [5.41, 5.74) is 1.55. The molecular weight excluding hydrogens is 220 g/mol. The van der Waals surface area contributed by atoms with E-state index in [4.69, 9.17) is 0 Å². The van der Waals surface area contributed by atoms with Gasteiger partial charge in [0.25, 0.3) is 0 Å². The maximum atomic E-state index is 2.58. The molecule has 1 saturated heterocycles. The quantitative estimate of drug-likeness (QED) is 0.738. The van der Waals surface area contributed by atoms with Crippen molar-refractivity contribution >= 4 is 0 Å². The van der Waals surface area contributed by atoms with Crippen LogP contribution in [0.25, 0.3) is 0 Å². The Bertz CT molecular complexity index is 298. The number of hydrogen-bond acceptors (Lipinski definition) is 2. The van der Waals surface area contributed by atoms with Crippen LogP contribution in [0.3, 0.4) is 0 Å². The highest BCUT2D eigenvalue weighted by Gasteiger charge is 2.19. The number of allylic oxidation sites excluding steroid dienone is 4. The molecule has 0 atom stereocenters. The van der Waals surface area contributed by atoms with Crippen molar-refractivity contribution in [3.8, 4) is 0 Å². The minimum Gasteiger partial charge on any atom is -0.306 e. The molecule has 0 bridgehead atoms. The Morgan fingerprint density at radius 3 is 2.72 bits per heavy atom. The lowest BCUT2D eigenvalue weighted by Crippen LogP contribution is -2.42. The van der Waals surface area contributed by atoms with Crippen LogP contribution >= 0.6 is 0 Å². The molecule has 2 heteroatoms. The maximum Gasteiger partial charge on any atom is 0.0117 e. The monoisotopic (exact) mass is 248 g/mol. The number of likely N-dealkylation sites (tertiary alicyclic amines) is 1. The zero-order valence-electron chi connectivity index (χ0n) is 12.1. The topological polar surface area (TPSA) is 6.48 Å². The van der Waals surface area contributed by atoms with E-state index in [1.165, 1.54) is 58.2 Å². The summed E-state index contributed by atoms with van der Waals surface area (Å²) in [5, 5.41) is 0. The van der Waals surface area contributed by atoms with E-state index in [0.717, 1.165) is 6.04 Å². The molecule has 18 heavy (non-hydrogen) atoms. The lowest BCUT2D eigenvalue weighted by molar-refractivity contribution is 0.143. The predicted molar refractivity (Wildman–Crippen MR) is 78.8 cm³/mol. The summed E-state index contributed by atoms with van der Waals surface area (Å²) < 4.78 is 0. The van der Waals surface area contributed by atoms with Gasteiger partial charge >= 0.3 is 0 Å². The Labute approximate surface area is 112 Å². The van der Waals surface area contributed by atoms with E-state index in [1.807, 2.05) is 0 Å². The van der Waals surface area contributed by atoms with E-state index in [2.05, 4.69) is 42.1 Å². The average Bonchev–Trinajstić information content (AvgIpc) is 2.40. The lowest BCUT2D eigenvalue weighted by Gasteiger charge is -2.35. The highest BCUT2D eigenvalue weighted by Crippen LogP contribution is 2.17. The molecule has 0 spiro atoms. The Morgan fingerprint density at radius 2 is 2.06 bits per heavy atom. The van der Waals surface area contributed by atoms with Crippen molar-refractivity contribution in [2.75, 3.05) is 33.7 Å². The fourth-order valence-corrected chi connectivity index (χ4v) is 3.00. The maximum absolute atomic E-state index is 2.58. The van der Waals surface area contributed by atoms with Gasteiger partial charge in [0.1, 0.15) is 0 Å². The van der Waals surface area contributed by atoms with Crippen molar-refractivity contribution in [3.05, 3.63) is 23.8 Å². The molecule has 0 aromatic heterocycles. The second kappa shape index (κ2) is 7.10. The van der Waals surface area contributed by atoms with Gasteiger partial charge in [-0.2, -0.15) is 0 Å². The Morgan fingerprint density at radius 1 is 1.28 bits per heavy atom. The molecule has 1 heterocycles. The predicted octanol–water partition coefficient (Wildman–Crippen LogP) is 3.07. The minimum absolute atomic E-state index is 0.817. The van der Waals surface area contributed by atoms with Crippen molar-refractivity contribution in [1.82, 2.24) is 9.80 Å². The highest BCUT2D eigenvalue weighted by molar-refractivity contribution is 5.21. The van der Waals surface area contributed by atoms with Crippen LogP contribution in [-0.2, 0) is 0 Å². The normalized spacial score (nSPS) is 22.5. The van der Waals surface area contributed by atoms with Crippen LogP contribution in [0, 0.1) is 0 Å². The molecule has 0 aromatic carbocycles. The van der Waals surface area contributed by atoms with Gasteiger partial charge in [-0.25, -0.2) is 0 Å². The summed E-state index contributed by atoms with van der Waals surface area (Å²) in [6.45, 7) is 3.78. The summed E-state index contributed by atoms with van der Waals surface area (Å²) >= 11 is 0. The Balaban J connectivity index is 1.64. The van der Waals surface area contributed by atoms with Crippen LogP contribution < -0.4 is 0 Å². The summed E-state index contributed by atoms with van der Waals surface area (Å²) in [5.74, 6) is 0. The van der Waals surface area contributed by atoms with Crippen molar-refractivity contribution in [2.24, 2.45) is 0 Å². The molecule has 2 aliphatic rings. The third-order valence-electron chi connectivity index (χ3n) is 4.36. The van der Waals surface area contributed by atoms with Gasteiger partial charge in [0.05, 0.1) is 0 Å². The van der Waals surface area contributed by atoms with Crippen LogP contribution in [0.2, 0.25) is 0 Å². The van der Waals surface area contributed by atoms with Crippen molar-refractivity contribution in [2.45, 2.75) is 44.6 Å². The Hall–Kier alpha value is -0.600. The van der Waals surface area contributed by atoms with E-state index in [-0.39, 0.29) is 0 Å². The van der Waals surface area contributed by atoms with Gasteiger partial charge in [0, 0.05) is 6.04 Å². The first kappa shape index (κ1) is 13.8. The third-order valence-corrected chi connectivity index (χ3v) is 4.36. The van der Waals surface area contributed by atoms with Gasteiger partial charge in [0.2, 0.25) is 0 Å². The van der Waals surface area contributed by atoms with Gasteiger partial charge in [-0.3, -0.25) is 0 Å². The zero-order chi connectivity index (χ0) is 12.8. The summed E-state index contributed by atoms with van der Waals surface area (Å²) in [6.07, 6.45) is 14.8. The summed E-state index contributed by atoms with van der Waals surface area (Å²) in [7, 11) is 4.54. The van der Waals surface area contributed by atoms with Crippen molar-refractivity contribution < 1.29 is 0 Å². The third kappa shape index (κ3) is 4.25. The van der Waals surface area contributed by atoms with E-state index in [1.54, 1.807) is 5.57 Å². The van der Waals surface area contributed by atoms with E-state index in [9.17, 15) is 0 Å². The SMILES string of the molecule is CN1CCC(N(C)CCCC2=CCCC=C2)CC1. The van der Waals surface area contributed by atoms with Gasteiger partial charge < -0.3 is 9.80 Å². The first-order chi connectivity index (χ1) is 8.75. The fourth-order valence-electron chi connectivity index (χ4n) is 3.00. The number of rotatable bonds is 5. The molecule has 0 saturated carbocycles. The Kier molecular flexibility index (Phi) is 5.45. The molecule has 0 N–H and O–H groups in total. The second-order valence-corrected chi connectivity index (χ2v) is 5.88. The number of piperidine rings is 1. The zero-order valence-corrected chi connectivity index (χ0v) is 12.1. The summed E-state index contributed by atoms with van der Waals surface area (Å²) in [6, 6.07) is 0.817. The van der Waals surface area contributed by atoms with Crippen LogP contribution in [0.15, 0.2) is 23.8 Å². The highest BCUT2D eigenvalue weighted by atomic mass is 15.2. The first-order valence-corrected chi connectivity index (χ1v) is 7.50. The van der Waals surface area contributed by atoms with Crippen molar-refractivity contribution in [3.63, 3.8) is 0 Å². The summed E-state index contributed by atoms with van der Waals surface area (Å²) in [4.78, 5) is 5.03. The van der Waals surface area contributed by atoms with Crippen molar-refractivity contribution in [1.29, 1.82) is 0 Å². The van der Waals surface area contributed by atoms with Gasteiger partial charge in [-0.15, -0.1) is 0 Å². The molecule has 1 aliphatic carbocycles. The van der Waals surface area contributed by atoms with Gasteiger partial charge in [-0.1, -0.05) is 23.8 Å². The number of hydrogen-bond donors (Lipinski definition) is 0. The minimum atomic E-state index is 0.817. The van der Waals surface area contributed by atoms with E-state index < -0.39 is 0 Å². The van der Waals surface area contributed by atoms with Crippen LogP contribution in [0.5, 0.6) is 0 Å². The first-order valence-electron chi connectivity index (χ1n) is 7.50. The molecule has 1 fully saturated rings. The standard InChI is InChI=1S/C16H28N2/c1-17-13-10-16(11-14-17)18(2)12-6-9-15-7-4-3-5-8-15/h4,7-8,16H,3,5-6,9-14H2,1-2H3. The van der Waals surface area contributed by atoms with Gasteiger partial charge in [0.15, 0.2) is 0 Å². The van der Waals surface area contributed by atoms with E-state index >= 15 is 0 Å². The van der Waals surface area contributed by atoms with Crippen LogP contribution in [-0.4, -0.2) is 49.6 Å². The van der Waals surface area contributed by atoms with Gasteiger partial charge in [-0.05, 0) is 72.3 Å². The van der Waals surface area contributed by atoms with E-state index in [0.29, 0.717) is 0 Å². The molecule has 0 radical (unpaired) electrons. The number of nitrogens with zero attached hydrogens (tertiary/aromatic N) is 2. The average molecular weight is 248 g/mol. The lowest BCUT2D eigenvalue weighted by atomic mass is 10.0. The molecule has 0 amide bonds.